The average molecular weight is 223 g/mol. The second-order valence-corrected chi connectivity index (χ2v) is 4.80. The van der Waals surface area contributed by atoms with E-state index in [1.807, 2.05) is 12.1 Å². The molecule has 0 spiro atoms. The van der Waals surface area contributed by atoms with Gasteiger partial charge < -0.3 is 14.5 Å². The van der Waals surface area contributed by atoms with Crippen LogP contribution < -0.4 is 5.32 Å². The topological polar surface area (TPSA) is 34.4 Å². The first-order valence-electron chi connectivity index (χ1n) is 6.11. The molecular formula is C13H21NO2. The molecule has 2 atom stereocenters. The highest BCUT2D eigenvalue weighted by molar-refractivity contribution is 5.04. The van der Waals surface area contributed by atoms with Crippen molar-refractivity contribution >= 4 is 0 Å². The molecule has 2 unspecified atom stereocenters. The molecule has 1 N–H and O–H groups in total. The molecular weight excluding hydrogens is 202 g/mol. The average Bonchev–Trinajstić information content (AvgIpc) is 2.70. The van der Waals surface area contributed by atoms with Crippen molar-refractivity contribution in [3.8, 4) is 0 Å². The molecule has 1 aliphatic rings. The zero-order valence-corrected chi connectivity index (χ0v) is 10.2. The molecule has 2 rings (SSSR count). The number of nitrogens with one attached hydrogen (secondary N) is 1. The van der Waals surface area contributed by atoms with E-state index in [1.54, 1.807) is 6.26 Å². The Morgan fingerprint density at radius 1 is 1.56 bits per heavy atom. The van der Waals surface area contributed by atoms with E-state index in [4.69, 9.17) is 9.15 Å². The van der Waals surface area contributed by atoms with Crippen LogP contribution in [0.5, 0.6) is 0 Å². The summed E-state index contributed by atoms with van der Waals surface area (Å²) in [6.07, 6.45) is 4.76. The molecule has 0 bridgehead atoms. The summed E-state index contributed by atoms with van der Waals surface area (Å²) >= 11 is 0. The lowest BCUT2D eigenvalue weighted by atomic mass is 9.88. The van der Waals surface area contributed by atoms with Gasteiger partial charge in [-0.25, -0.2) is 0 Å². The summed E-state index contributed by atoms with van der Waals surface area (Å²) < 4.78 is 11.3. The largest absolute Gasteiger partial charge is 0.469 e. The third-order valence-electron chi connectivity index (χ3n) is 3.22. The first kappa shape index (κ1) is 11.7. The summed E-state index contributed by atoms with van der Waals surface area (Å²) in [7, 11) is 0. The Labute approximate surface area is 97.2 Å². The third-order valence-corrected chi connectivity index (χ3v) is 3.22. The molecule has 1 fully saturated rings. The predicted molar refractivity (Wildman–Crippen MR) is 63.5 cm³/mol. The first-order valence-corrected chi connectivity index (χ1v) is 6.11. The summed E-state index contributed by atoms with van der Waals surface area (Å²) in [5.41, 5.74) is -0.0804. The molecule has 0 aliphatic carbocycles. The second-order valence-electron chi connectivity index (χ2n) is 4.80. The number of furan rings is 1. The third kappa shape index (κ3) is 2.86. The lowest BCUT2D eigenvalue weighted by Gasteiger charge is -2.38. The maximum Gasteiger partial charge on any atom is 0.106 e. The van der Waals surface area contributed by atoms with Gasteiger partial charge in [-0.3, -0.25) is 0 Å². The summed E-state index contributed by atoms with van der Waals surface area (Å²) in [6.45, 7) is 6.20. The Hall–Kier alpha value is -0.800. The fourth-order valence-corrected chi connectivity index (χ4v) is 2.50. The quantitative estimate of drug-likeness (QED) is 0.851. The Kier molecular flexibility index (Phi) is 3.66. The van der Waals surface area contributed by atoms with E-state index < -0.39 is 0 Å². The minimum absolute atomic E-state index is 0.0804. The lowest BCUT2D eigenvalue weighted by Crippen LogP contribution is -2.46. The van der Waals surface area contributed by atoms with Crippen LogP contribution in [-0.4, -0.2) is 24.8 Å². The van der Waals surface area contributed by atoms with Crippen LogP contribution in [0.2, 0.25) is 0 Å². The standard InChI is InChI=1S/C13H21NO2/c1-3-14-11-6-8-16-13(2,9-11)10-12-5-4-7-15-12/h4-5,7,11,14H,3,6,8-10H2,1-2H3. The van der Waals surface area contributed by atoms with E-state index in [0.29, 0.717) is 6.04 Å². The number of hydrogen-bond acceptors (Lipinski definition) is 3. The van der Waals surface area contributed by atoms with E-state index >= 15 is 0 Å². The number of ether oxygens (including phenoxy) is 1. The van der Waals surface area contributed by atoms with Crippen molar-refractivity contribution in [1.29, 1.82) is 0 Å². The maximum atomic E-state index is 5.92. The van der Waals surface area contributed by atoms with Crippen LogP contribution in [0.1, 0.15) is 32.4 Å². The Morgan fingerprint density at radius 3 is 3.12 bits per heavy atom. The fourth-order valence-electron chi connectivity index (χ4n) is 2.50. The van der Waals surface area contributed by atoms with Gasteiger partial charge in [0.25, 0.3) is 0 Å². The monoisotopic (exact) mass is 223 g/mol. The Balaban J connectivity index is 1.95. The highest BCUT2D eigenvalue weighted by Crippen LogP contribution is 2.28. The van der Waals surface area contributed by atoms with E-state index in [9.17, 15) is 0 Å². The molecule has 0 aromatic carbocycles. The zero-order valence-electron chi connectivity index (χ0n) is 10.2. The molecule has 3 heteroatoms. The van der Waals surface area contributed by atoms with E-state index in [2.05, 4.69) is 19.2 Å². The summed E-state index contributed by atoms with van der Waals surface area (Å²) in [4.78, 5) is 0. The highest BCUT2D eigenvalue weighted by atomic mass is 16.5. The smallest absolute Gasteiger partial charge is 0.106 e. The summed E-state index contributed by atoms with van der Waals surface area (Å²) in [5, 5.41) is 3.51. The van der Waals surface area contributed by atoms with Gasteiger partial charge in [-0.05, 0) is 38.4 Å². The van der Waals surface area contributed by atoms with Gasteiger partial charge in [0.15, 0.2) is 0 Å². The minimum Gasteiger partial charge on any atom is -0.469 e. The molecule has 1 aromatic heterocycles. The molecule has 0 saturated carbocycles. The van der Waals surface area contributed by atoms with Crippen molar-refractivity contribution < 1.29 is 9.15 Å². The van der Waals surface area contributed by atoms with Gasteiger partial charge in [0.05, 0.1) is 11.9 Å². The molecule has 3 nitrogen and oxygen atoms in total. The zero-order chi connectivity index (χ0) is 11.4. The van der Waals surface area contributed by atoms with E-state index in [-0.39, 0.29) is 5.60 Å². The van der Waals surface area contributed by atoms with Crippen LogP contribution in [0, 0.1) is 0 Å². The van der Waals surface area contributed by atoms with Crippen molar-refractivity contribution in [3.63, 3.8) is 0 Å². The van der Waals surface area contributed by atoms with Crippen LogP contribution in [-0.2, 0) is 11.2 Å². The Morgan fingerprint density at radius 2 is 2.44 bits per heavy atom. The second kappa shape index (κ2) is 5.02. The van der Waals surface area contributed by atoms with E-state index in [0.717, 1.165) is 38.2 Å². The van der Waals surface area contributed by atoms with Crippen LogP contribution in [0.4, 0.5) is 0 Å². The number of hydrogen-bond donors (Lipinski definition) is 1. The lowest BCUT2D eigenvalue weighted by molar-refractivity contribution is -0.0775. The molecule has 16 heavy (non-hydrogen) atoms. The predicted octanol–water partition coefficient (Wildman–Crippen LogP) is 2.37. The maximum absolute atomic E-state index is 5.92. The molecule has 1 aromatic rings. The highest BCUT2D eigenvalue weighted by Gasteiger charge is 2.33. The van der Waals surface area contributed by atoms with Crippen LogP contribution in [0.15, 0.2) is 22.8 Å². The van der Waals surface area contributed by atoms with Crippen molar-refractivity contribution in [2.45, 2.75) is 44.8 Å². The van der Waals surface area contributed by atoms with Gasteiger partial charge in [0.1, 0.15) is 5.76 Å². The molecule has 1 aliphatic heterocycles. The fraction of sp³-hybridized carbons (Fsp3) is 0.692. The minimum atomic E-state index is -0.0804. The Bertz CT molecular complexity index is 308. The van der Waals surface area contributed by atoms with Crippen molar-refractivity contribution in [2.75, 3.05) is 13.2 Å². The molecule has 0 amide bonds. The summed E-state index contributed by atoms with van der Waals surface area (Å²) in [5.74, 6) is 1.01. The van der Waals surface area contributed by atoms with Crippen LogP contribution in [0.3, 0.4) is 0 Å². The van der Waals surface area contributed by atoms with Crippen molar-refractivity contribution in [3.05, 3.63) is 24.2 Å². The van der Waals surface area contributed by atoms with E-state index in [1.165, 1.54) is 0 Å². The van der Waals surface area contributed by atoms with Crippen molar-refractivity contribution in [1.82, 2.24) is 5.32 Å². The molecule has 90 valence electrons. The molecule has 0 radical (unpaired) electrons. The van der Waals surface area contributed by atoms with Crippen molar-refractivity contribution in [2.24, 2.45) is 0 Å². The first-order chi connectivity index (χ1) is 7.72. The van der Waals surface area contributed by atoms with Gasteiger partial charge in [-0.2, -0.15) is 0 Å². The van der Waals surface area contributed by atoms with Gasteiger partial charge >= 0.3 is 0 Å². The normalized spacial score (nSPS) is 30.5. The number of rotatable bonds is 4. The van der Waals surface area contributed by atoms with Crippen LogP contribution >= 0.6 is 0 Å². The van der Waals surface area contributed by atoms with Gasteiger partial charge in [-0.1, -0.05) is 6.92 Å². The SMILES string of the molecule is CCNC1CCOC(C)(Cc2ccco2)C1. The van der Waals surface area contributed by atoms with Crippen LogP contribution in [0.25, 0.3) is 0 Å². The molecule has 2 heterocycles. The summed E-state index contributed by atoms with van der Waals surface area (Å²) in [6, 6.07) is 4.54. The van der Waals surface area contributed by atoms with Gasteiger partial charge in [-0.15, -0.1) is 0 Å². The molecule has 1 saturated heterocycles. The van der Waals surface area contributed by atoms with Gasteiger partial charge in [0, 0.05) is 19.1 Å². The van der Waals surface area contributed by atoms with Gasteiger partial charge in [0.2, 0.25) is 0 Å².